The van der Waals surface area contributed by atoms with Gasteiger partial charge in [-0.1, -0.05) is 35.9 Å². The molecule has 0 spiro atoms. The van der Waals surface area contributed by atoms with Gasteiger partial charge in [-0.25, -0.2) is 0 Å². The number of esters is 1. The fourth-order valence-electron chi connectivity index (χ4n) is 3.13. The number of carbonyl (C=O) groups is 3. The molecular weight excluding hydrogens is 484 g/mol. The molecule has 2 N–H and O–H groups in total. The summed E-state index contributed by atoms with van der Waals surface area (Å²) in [5.74, 6) is 0.374. The number of hydrogen-bond donors (Lipinski definition) is 2. The highest BCUT2D eigenvalue weighted by Crippen LogP contribution is 2.29. The van der Waals surface area contributed by atoms with E-state index < -0.39 is 18.5 Å². The summed E-state index contributed by atoms with van der Waals surface area (Å²) >= 11 is 6.09. The molecule has 0 heterocycles. The predicted molar refractivity (Wildman–Crippen MR) is 138 cm³/mol. The van der Waals surface area contributed by atoms with Gasteiger partial charge >= 0.3 is 5.97 Å². The molecule has 0 radical (unpaired) electrons. The van der Waals surface area contributed by atoms with Gasteiger partial charge in [-0.15, -0.1) is 0 Å². The molecule has 8 nitrogen and oxygen atoms in total. The Morgan fingerprint density at radius 1 is 0.806 bits per heavy atom. The molecule has 0 aliphatic carbocycles. The Bertz CT molecular complexity index is 1180. The minimum absolute atomic E-state index is 0.0147. The summed E-state index contributed by atoms with van der Waals surface area (Å²) in [6.45, 7) is 1.88. The van der Waals surface area contributed by atoms with Gasteiger partial charge in [0.2, 0.25) is 5.91 Å². The number of amides is 2. The zero-order chi connectivity index (χ0) is 25.8. The largest absolute Gasteiger partial charge is 0.492 e. The smallest absolute Gasteiger partial charge is 0.306 e. The van der Waals surface area contributed by atoms with Crippen molar-refractivity contribution in [1.29, 1.82) is 0 Å². The lowest BCUT2D eigenvalue weighted by molar-refractivity contribution is -0.147. The highest BCUT2D eigenvalue weighted by molar-refractivity contribution is 6.32. The average molecular weight is 511 g/mol. The van der Waals surface area contributed by atoms with Gasteiger partial charge < -0.3 is 24.8 Å². The van der Waals surface area contributed by atoms with Crippen LogP contribution in [0.25, 0.3) is 0 Å². The molecule has 2 amide bonds. The normalized spacial score (nSPS) is 10.3. The van der Waals surface area contributed by atoms with E-state index >= 15 is 0 Å². The second kappa shape index (κ2) is 13.7. The van der Waals surface area contributed by atoms with E-state index in [0.717, 1.165) is 0 Å². The number of carbonyl (C=O) groups excluding carboxylic acids is 3. The van der Waals surface area contributed by atoms with Crippen molar-refractivity contribution in [2.24, 2.45) is 0 Å². The quantitative estimate of drug-likeness (QED) is 0.297. The van der Waals surface area contributed by atoms with Crippen LogP contribution in [0.4, 0.5) is 11.4 Å². The molecule has 188 valence electrons. The van der Waals surface area contributed by atoms with Gasteiger partial charge in [-0.3, -0.25) is 14.4 Å². The molecule has 9 heteroatoms. The van der Waals surface area contributed by atoms with E-state index in [-0.39, 0.29) is 25.2 Å². The van der Waals surface area contributed by atoms with Gasteiger partial charge in [-0.05, 0) is 61.9 Å². The minimum atomic E-state index is -0.558. The molecular formula is C27H27ClN2O6. The first-order chi connectivity index (χ1) is 17.4. The molecule has 0 aromatic heterocycles. The van der Waals surface area contributed by atoms with E-state index in [1.54, 1.807) is 60.7 Å². The minimum Gasteiger partial charge on any atom is -0.492 e. The van der Waals surface area contributed by atoms with Crippen molar-refractivity contribution in [3.8, 4) is 17.2 Å². The Hall–Kier alpha value is -4.04. The van der Waals surface area contributed by atoms with Crippen LogP contribution in [0.5, 0.6) is 17.2 Å². The van der Waals surface area contributed by atoms with Crippen molar-refractivity contribution in [1.82, 2.24) is 0 Å². The molecule has 0 aliphatic rings. The van der Waals surface area contributed by atoms with Gasteiger partial charge in [-0.2, -0.15) is 0 Å². The van der Waals surface area contributed by atoms with Crippen LogP contribution in [-0.2, 0) is 19.1 Å². The van der Waals surface area contributed by atoms with Crippen LogP contribution in [0, 0.1) is 0 Å². The van der Waals surface area contributed by atoms with Gasteiger partial charge in [0.25, 0.3) is 5.91 Å². The maximum absolute atomic E-state index is 12.2. The standard InChI is InChI=1S/C27H27ClN2O6/c1-2-34-24-11-6-4-9-22(24)30-26(32)18-35-27(33)13-7-12-25(31)29-19-14-16-20(17-15-19)36-23-10-5-3-8-21(23)28/h3-6,8-11,14-17H,2,7,12-13,18H2,1H3,(H,29,31)(H,30,32). The maximum atomic E-state index is 12.2. The molecule has 0 saturated heterocycles. The summed E-state index contributed by atoms with van der Waals surface area (Å²) in [7, 11) is 0. The fraction of sp³-hybridized carbons (Fsp3) is 0.222. The summed E-state index contributed by atoms with van der Waals surface area (Å²) in [5.41, 5.74) is 1.10. The Morgan fingerprint density at radius 2 is 1.50 bits per heavy atom. The number of para-hydroxylation sites is 3. The fourth-order valence-corrected chi connectivity index (χ4v) is 3.31. The molecule has 0 aliphatic heterocycles. The molecule has 3 aromatic rings. The second-order valence-electron chi connectivity index (χ2n) is 7.60. The average Bonchev–Trinajstić information content (AvgIpc) is 2.87. The lowest BCUT2D eigenvalue weighted by atomic mass is 10.2. The van der Waals surface area contributed by atoms with Crippen molar-refractivity contribution < 1.29 is 28.6 Å². The molecule has 36 heavy (non-hydrogen) atoms. The molecule has 0 unspecified atom stereocenters. The highest BCUT2D eigenvalue weighted by Gasteiger charge is 2.12. The number of rotatable bonds is 12. The van der Waals surface area contributed by atoms with Gasteiger partial charge in [0.05, 0.1) is 17.3 Å². The first-order valence-corrected chi connectivity index (χ1v) is 11.8. The van der Waals surface area contributed by atoms with E-state index in [2.05, 4.69) is 10.6 Å². The first-order valence-electron chi connectivity index (χ1n) is 11.4. The van der Waals surface area contributed by atoms with E-state index in [4.69, 9.17) is 25.8 Å². The van der Waals surface area contributed by atoms with E-state index in [0.29, 0.717) is 40.3 Å². The monoisotopic (exact) mass is 510 g/mol. The molecule has 0 atom stereocenters. The predicted octanol–water partition coefficient (Wildman–Crippen LogP) is 5.82. The maximum Gasteiger partial charge on any atom is 0.306 e. The Morgan fingerprint density at radius 3 is 2.22 bits per heavy atom. The van der Waals surface area contributed by atoms with Crippen LogP contribution in [0.1, 0.15) is 26.2 Å². The van der Waals surface area contributed by atoms with Crippen molar-refractivity contribution in [2.45, 2.75) is 26.2 Å². The van der Waals surface area contributed by atoms with E-state index in [9.17, 15) is 14.4 Å². The molecule has 3 rings (SSSR count). The third-order valence-corrected chi connectivity index (χ3v) is 5.12. The summed E-state index contributed by atoms with van der Waals surface area (Å²) in [6.07, 6.45) is 0.426. The molecule has 0 fully saturated rings. The lowest BCUT2D eigenvalue weighted by Gasteiger charge is -2.11. The van der Waals surface area contributed by atoms with Crippen LogP contribution >= 0.6 is 11.6 Å². The third-order valence-electron chi connectivity index (χ3n) is 4.81. The van der Waals surface area contributed by atoms with Crippen molar-refractivity contribution in [2.75, 3.05) is 23.8 Å². The van der Waals surface area contributed by atoms with Crippen molar-refractivity contribution >= 4 is 40.8 Å². The van der Waals surface area contributed by atoms with Gasteiger partial charge in [0, 0.05) is 18.5 Å². The van der Waals surface area contributed by atoms with Crippen LogP contribution < -0.4 is 20.1 Å². The molecule has 0 saturated carbocycles. The van der Waals surface area contributed by atoms with Crippen LogP contribution in [0.15, 0.2) is 72.8 Å². The topological polar surface area (TPSA) is 103 Å². The number of ether oxygens (including phenoxy) is 3. The highest BCUT2D eigenvalue weighted by atomic mass is 35.5. The summed E-state index contributed by atoms with van der Waals surface area (Å²) < 4.78 is 16.2. The Kier molecular flexibility index (Phi) is 10.1. The summed E-state index contributed by atoms with van der Waals surface area (Å²) in [6, 6.07) is 21.0. The van der Waals surface area contributed by atoms with Gasteiger partial charge in [0.1, 0.15) is 17.2 Å². The Balaban J connectivity index is 1.34. The molecule has 3 aromatic carbocycles. The number of hydrogen-bond acceptors (Lipinski definition) is 6. The number of halogens is 1. The van der Waals surface area contributed by atoms with Crippen LogP contribution in [-0.4, -0.2) is 31.0 Å². The number of nitrogens with one attached hydrogen (secondary N) is 2. The van der Waals surface area contributed by atoms with Crippen molar-refractivity contribution in [3.63, 3.8) is 0 Å². The van der Waals surface area contributed by atoms with Crippen molar-refractivity contribution in [3.05, 3.63) is 77.8 Å². The summed E-state index contributed by atoms with van der Waals surface area (Å²) in [4.78, 5) is 36.2. The van der Waals surface area contributed by atoms with Gasteiger partial charge in [0.15, 0.2) is 6.61 Å². The third kappa shape index (κ3) is 8.63. The number of anilines is 2. The Labute approximate surface area is 214 Å². The first kappa shape index (κ1) is 26.6. The summed E-state index contributed by atoms with van der Waals surface area (Å²) in [5, 5.41) is 5.92. The zero-order valence-electron chi connectivity index (χ0n) is 19.8. The van der Waals surface area contributed by atoms with E-state index in [1.165, 1.54) is 0 Å². The zero-order valence-corrected chi connectivity index (χ0v) is 20.5. The van der Waals surface area contributed by atoms with Crippen LogP contribution in [0.2, 0.25) is 5.02 Å². The molecule has 0 bridgehead atoms. The second-order valence-corrected chi connectivity index (χ2v) is 8.00. The number of benzene rings is 3. The lowest BCUT2D eigenvalue weighted by Crippen LogP contribution is -2.21. The SMILES string of the molecule is CCOc1ccccc1NC(=O)COC(=O)CCCC(=O)Nc1ccc(Oc2ccccc2Cl)cc1. The van der Waals surface area contributed by atoms with Crippen LogP contribution in [0.3, 0.4) is 0 Å². The van der Waals surface area contributed by atoms with E-state index in [1.807, 2.05) is 19.1 Å².